The Morgan fingerprint density at radius 1 is 1.21 bits per heavy atom. The van der Waals surface area contributed by atoms with Gasteiger partial charge >= 0.3 is 23.9 Å². The highest BCUT2D eigenvalue weighted by Gasteiger charge is 2.58. The number of carbonyl (C=O) groups is 2. The molecule has 1 heterocycles. The molecule has 2 amide bonds. The van der Waals surface area contributed by atoms with Crippen molar-refractivity contribution in [3.63, 3.8) is 0 Å². The molecule has 0 saturated heterocycles. The molecule has 6 N–H and O–H groups in total. The minimum atomic E-state index is -5.75. The largest absolute Gasteiger partial charge is 0.458 e. The van der Waals surface area contributed by atoms with Gasteiger partial charge in [-0.25, -0.2) is 4.98 Å². The molecule has 0 aliphatic rings. The van der Waals surface area contributed by atoms with E-state index in [-0.39, 0.29) is 47.0 Å². The minimum absolute atomic E-state index is 0.0351. The van der Waals surface area contributed by atoms with Crippen LogP contribution in [-0.4, -0.2) is 40.6 Å². The summed E-state index contributed by atoms with van der Waals surface area (Å²) in [5.41, 5.74) is 10.5. The number of rotatable bonds is 6. The van der Waals surface area contributed by atoms with Gasteiger partial charge in [0.25, 0.3) is 0 Å². The zero-order valence-electron chi connectivity index (χ0n) is 17.6. The number of likely N-dealkylation sites (N-methyl/N-ethyl adjacent to an activating group) is 1. The molecule has 0 radical (unpaired) electrons. The predicted octanol–water partition coefficient (Wildman–Crippen LogP) is 3.19. The van der Waals surface area contributed by atoms with Gasteiger partial charge in [-0.3, -0.25) is 9.59 Å². The molecular weight excluding hydrogens is 451 g/mol. The van der Waals surface area contributed by atoms with E-state index in [1.807, 2.05) is 0 Å². The molecule has 0 unspecified atom stereocenters. The van der Waals surface area contributed by atoms with Gasteiger partial charge in [-0.15, -0.1) is 0 Å². The number of halogens is 5. The predicted molar refractivity (Wildman–Crippen MR) is 112 cm³/mol. The van der Waals surface area contributed by atoms with Gasteiger partial charge in [0, 0.05) is 24.9 Å². The van der Waals surface area contributed by atoms with Crippen LogP contribution >= 0.6 is 0 Å². The van der Waals surface area contributed by atoms with Crippen LogP contribution in [0.15, 0.2) is 24.4 Å². The van der Waals surface area contributed by atoms with Gasteiger partial charge < -0.3 is 27.1 Å². The fourth-order valence-corrected chi connectivity index (χ4v) is 2.89. The van der Waals surface area contributed by atoms with E-state index in [1.54, 1.807) is 6.92 Å². The van der Waals surface area contributed by atoms with E-state index in [0.29, 0.717) is 12.1 Å². The number of carbonyl (C=O) groups excluding carboxylic acids is 2. The lowest BCUT2D eigenvalue weighted by atomic mass is 10.0. The van der Waals surface area contributed by atoms with E-state index in [2.05, 4.69) is 10.3 Å². The molecule has 1 aromatic heterocycles. The molecule has 0 fully saturated rings. The SMILES string of the molecule is CCN(Cc1ccc(C(F)(F)C(F)(F)F)cc1C)C(=O)C(=O)Nc1cnc(N)c(C=N)c1N. The molecule has 8 nitrogen and oxygen atoms in total. The van der Waals surface area contributed by atoms with E-state index in [1.165, 1.54) is 6.92 Å². The molecule has 0 aliphatic carbocycles. The van der Waals surface area contributed by atoms with Crippen LogP contribution in [0.4, 0.5) is 39.1 Å². The summed E-state index contributed by atoms with van der Waals surface area (Å²) in [6, 6.07) is 2.38. The molecule has 0 aliphatic heterocycles. The number of amides is 2. The highest BCUT2D eigenvalue weighted by atomic mass is 19.4. The van der Waals surface area contributed by atoms with Crippen LogP contribution in [0.5, 0.6) is 0 Å². The Kier molecular flexibility index (Phi) is 7.25. The van der Waals surface area contributed by atoms with Crippen molar-refractivity contribution in [1.29, 1.82) is 5.41 Å². The fraction of sp³-hybridized carbons (Fsp3) is 0.300. The third kappa shape index (κ3) is 5.18. The third-order valence-electron chi connectivity index (χ3n) is 4.87. The lowest BCUT2D eigenvalue weighted by Crippen LogP contribution is -2.39. The van der Waals surface area contributed by atoms with Crippen molar-refractivity contribution in [2.45, 2.75) is 32.5 Å². The van der Waals surface area contributed by atoms with E-state index in [0.717, 1.165) is 23.4 Å². The summed E-state index contributed by atoms with van der Waals surface area (Å²) >= 11 is 0. The number of hydrogen-bond acceptors (Lipinski definition) is 6. The molecule has 178 valence electrons. The molecule has 2 aromatic rings. The van der Waals surface area contributed by atoms with Gasteiger partial charge in [-0.05, 0) is 31.0 Å². The highest BCUT2D eigenvalue weighted by Crippen LogP contribution is 2.44. The molecule has 1 aromatic carbocycles. The van der Waals surface area contributed by atoms with Gasteiger partial charge in [0.2, 0.25) is 0 Å². The van der Waals surface area contributed by atoms with Crippen LogP contribution in [0.2, 0.25) is 0 Å². The Labute approximate surface area is 185 Å². The number of hydrogen-bond donors (Lipinski definition) is 4. The third-order valence-corrected chi connectivity index (χ3v) is 4.87. The minimum Gasteiger partial charge on any atom is -0.396 e. The van der Waals surface area contributed by atoms with Crippen LogP contribution in [0, 0.1) is 12.3 Å². The summed E-state index contributed by atoms with van der Waals surface area (Å²) in [6.07, 6.45) is -3.80. The van der Waals surface area contributed by atoms with Crippen LogP contribution in [0.1, 0.15) is 29.2 Å². The number of nitrogens with zero attached hydrogens (tertiary/aromatic N) is 2. The smallest absolute Gasteiger partial charge is 0.396 e. The normalized spacial score (nSPS) is 11.7. The average Bonchev–Trinajstić information content (AvgIpc) is 2.73. The fourth-order valence-electron chi connectivity index (χ4n) is 2.89. The van der Waals surface area contributed by atoms with Crippen molar-refractivity contribution in [3.8, 4) is 0 Å². The Morgan fingerprint density at radius 3 is 2.36 bits per heavy atom. The number of aromatic nitrogens is 1. The second-order valence-corrected chi connectivity index (χ2v) is 7.02. The maximum Gasteiger partial charge on any atom is 0.458 e. The number of anilines is 3. The van der Waals surface area contributed by atoms with Gasteiger partial charge in [-0.1, -0.05) is 12.1 Å². The summed E-state index contributed by atoms with van der Waals surface area (Å²) in [7, 11) is 0. The van der Waals surface area contributed by atoms with Crippen molar-refractivity contribution >= 4 is 35.2 Å². The average molecular weight is 472 g/mol. The molecule has 33 heavy (non-hydrogen) atoms. The molecular formula is C20H21F5N6O2. The molecule has 0 atom stereocenters. The lowest BCUT2D eigenvalue weighted by molar-refractivity contribution is -0.289. The molecule has 0 bridgehead atoms. The number of pyridine rings is 1. The van der Waals surface area contributed by atoms with E-state index < -0.39 is 29.5 Å². The first-order valence-corrected chi connectivity index (χ1v) is 9.43. The van der Waals surface area contributed by atoms with Gasteiger partial charge in [0.15, 0.2) is 0 Å². The van der Waals surface area contributed by atoms with E-state index in [4.69, 9.17) is 16.9 Å². The van der Waals surface area contributed by atoms with Crippen LogP contribution in [0.3, 0.4) is 0 Å². The quantitative estimate of drug-likeness (QED) is 0.291. The maximum absolute atomic E-state index is 13.6. The second kappa shape index (κ2) is 9.38. The van der Waals surface area contributed by atoms with Gasteiger partial charge in [0.05, 0.1) is 23.1 Å². The van der Waals surface area contributed by atoms with Crippen molar-refractivity contribution in [1.82, 2.24) is 9.88 Å². The Bertz CT molecular complexity index is 1090. The summed E-state index contributed by atoms with van der Waals surface area (Å²) < 4.78 is 65.0. The van der Waals surface area contributed by atoms with Gasteiger partial charge in [-0.2, -0.15) is 22.0 Å². The van der Waals surface area contributed by atoms with Crippen molar-refractivity contribution in [2.75, 3.05) is 23.3 Å². The Morgan fingerprint density at radius 2 is 1.85 bits per heavy atom. The Balaban J connectivity index is 2.22. The number of benzene rings is 1. The van der Waals surface area contributed by atoms with Crippen molar-refractivity contribution in [3.05, 3.63) is 46.6 Å². The zero-order valence-corrected chi connectivity index (χ0v) is 17.6. The van der Waals surface area contributed by atoms with Crippen LogP contribution in [0.25, 0.3) is 0 Å². The Hall–Kier alpha value is -3.77. The van der Waals surface area contributed by atoms with Crippen molar-refractivity contribution < 1.29 is 31.5 Å². The van der Waals surface area contributed by atoms with Crippen LogP contribution < -0.4 is 16.8 Å². The number of alkyl halides is 5. The summed E-state index contributed by atoms with van der Waals surface area (Å²) in [5, 5.41) is 9.57. The summed E-state index contributed by atoms with van der Waals surface area (Å²) in [4.78, 5) is 29.9. The highest BCUT2D eigenvalue weighted by molar-refractivity contribution is 6.39. The number of nitrogen functional groups attached to an aromatic ring is 2. The van der Waals surface area contributed by atoms with Crippen molar-refractivity contribution in [2.24, 2.45) is 0 Å². The number of nitrogens with two attached hydrogens (primary N) is 2. The first-order valence-electron chi connectivity index (χ1n) is 9.43. The van der Waals surface area contributed by atoms with Crippen LogP contribution in [-0.2, 0) is 22.1 Å². The number of aryl methyl sites for hydroxylation is 1. The topological polar surface area (TPSA) is 138 Å². The van der Waals surface area contributed by atoms with E-state index in [9.17, 15) is 31.5 Å². The monoisotopic (exact) mass is 472 g/mol. The first kappa shape index (κ1) is 25.5. The lowest BCUT2D eigenvalue weighted by Gasteiger charge is -2.23. The molecule has 2 rings (SSSR count). The summed E-state index contributed by atoms with van der Waals surface area (Å²) in [6.45, 7) is 2.70. The molecule has 0 spiro atoms. The maximum atomic E-state index is 13.6. The second-order valence-electron chi connectivity index (χ2n) is 7.02. The standard InChI is InChI=1S/C20H21F5N6O2/c1-3-31(9-11-4-5-12(6-10(11)2)19(21,22)20(23,24)25)18(33)17(32)30-14-8-29-16(28)13(7-26)15(14)27/h4-8,26H,3,9H2,1-2H3,(H,30,32)(H4,27,28,29). The zero-order chi connectivity index (χ0) is 25.1. The first-order chi connectivity index (χ1) is 15.2. The molecule has 0 saturated carbocycles. The summed E-state index contributed by atoms with van der Waals surface area (Å²) in [5.74, 6) is -7.17. The van der Waals surface area contributed by atoms with E-state index >= 15 is 0 Å². The molecule has 13 heteroatoms. The number of nitrogens with one attached hydrogen (secondary N) is 2. The van der Waals surface area contributed by atoms with Gasteiger partial charge in [0.1, 0.15) is 5.82 Å².